The van der Waals surface area contributed by atoms with Gasteiger partial charge >= 0.3 is 12.1 Å². The van der Waals surface area contributed by atoms with Gasteiger partial charge in [-0.1, -0.05) is 24.3 Å². The van der Waals surface area contributed by atoms with E-state index in [1.165, 1.54) is 37.6 Å². The summed E-state index contributed by atoms with van der Waals surface area (Å²) < 4.78 is 49.1. The summed E-state index contributed by atoms with van der Waals surface area (Å²) in [4.78, 5) is 28.6. The van der Waals surface area contributed by atoms with Crippen LogP contribution in [0.1, 0.15) is 21.5 Å². The minimum absolute atomic E-state index is 0.00347. The summed E-state index contributed by atoms with van der Waals surface area (Å²) in [6, 6.07) is 14.5. The molecular weight excluding hydrogens is 439 g/mol. The van der Waals surface area contributed by atoms with Gasteiger partial charge in [0, 0.05) is 24.0 Å². The summed E-state index contributed by atoms with van der Waals surface area (Å²) >= 11 is 0. The second kappa shape index (κ2) is 10.5. The van der Waals surface area contributed by atoms with Crippen LogP contribution in [0.4, 0.5) is 24.7 Å². The first-order valence-corrected chi connectivity index (χ1v) is 9.73. The molecule has 0 aliphatic carbocycles. The lowest BCUT2D eigenvalue weighted by molar-refractivity contribution is -0.137. The predicted octanol–water partition coefficient (Wildman–Crippen LogP) is 4.33. The molecule has 172 valence electrons. The SMILES string of the molecule is COc1ccccc1CNC(=O)COC(=O)c1cccnc1Nc1cccc(C(F)(F)F)c1. The number of alkyl halides is 3. The van der Waals surface area contributed by atoms with Crippen molar-refractivity contribution in [3.05, 3.63) is 83.6 Å². The number of para-hydroxylation sites is 1. The maximum Gasteiger partial charge on any atom is 0.416 e. The molecule has 0 aliphatic rings. The van der Waals surface area contributed by atoms with Gasteiger partial charge < -0.3 is 20.1 Å². The number of halogens is 3. The lowest BCUT2D eigenvalue weighted by atomic mass is 10.2. The van der Waals surface area contributed by atoms with E-state index in [1.54, 1.807) is 24.3 Å². The molecule has 1 amide bonds. The van der Waals surface area contributed by atoms with Crippen molar-refractivity contribution in [1.82, 2.24) is 10.3 Å². The third kappa shape index (κ3) is 6.45. The van der Waals surface area contributed by atoms with Crippen molar-refractivity contribution in [1.29, 1.82) is 0 Å². The van der Waals surface area contributed by atoms with Crippen molar-refractivity contribution < 1.29 is 32.2 Å². The second-order valence-corrected chi connectivity index (χ2v) is 6.77. The van der Waals surface area contributed by atoms with Gasteiger partial charge in [-0.25, -0.2) is 9.78 Å². The predicted molar refractivity (Wildman–Crippen MR) is 114 cm³/mol. The Morgan fingerprint density at radius 2 is 1.82 bits per heavy atom. The van der Waals surface area contributed by atoms with Crippen LogP contribution in [0.3, 0.4) is 0 Å². The van der Waals surface area contributed by atoms with Gasteiger partial charge in [-0.05, 0) is 36.4 Å². The zero-order valence-corrected chi connectivity index (χ0v) is 17.5. The maximum absolute atomic E-state index is 12.9. The summed E-state index contributed by atoms with van der Waals surface area (Å²) in [5.74, 6) is -0.790. The molecule has 0 atom stereocenters. The van der Waals surface area contributed by atoms with Gasteiger partial charge in [-0.3, -0.25) is 4.79 Å². The molecule has 0 spiro atoms. The highest BCUT2D eigenvalue weighted by Gasteiger charge is 2.30. The highest BCUT2D eigenvalue weighted by molar-refractivity contribution is 5.96. The van der Waals surface area contributed by atoms with Crippen LogP contribution >= 0.6 is 0 Å². The van der Waals surface area contributed by atoms with E-state index < -0.39 is 30.2 Å². The highest BCUT2D eigenvalue weighted by atomic mass is 19.4. The molecule has 7 nitrogen and oxygen atoms in total. The molecule has 0 saturated heterocycles. The third-order valence-corrected chi connectivity index (χ3v) is 4.48. The summed E-state index contributed by atoms with van der Waals surface area (Å²) in [5, 5.41) is 5.31. The first-order valence-electron chi connectivity index (χ1n) is 9.73. The Balaban J connectivity index is 1.61. The lowest BCUT2D eigenvalue weighted by Gasteiger charge is -2.13. The molecule has 10 heteroatoms. The molecular formula is C23H20F3N3O4. The smallest absolute Gasteiger partial charge is 0.416 e. The minimum Gasteiger partial charge on any atom is -0.496 e. The molecule has 33 heavy (non-hydrogen) atoms. The molecule has 0 fully saturated rings. The Kier molecular flexibility index (Phi) is 7.50. The fraction of sp³-hybridized carbons (Fsp3) is 0.174. The molecule has 1 heterocycles. The van der Waals surface area contributed by atoms with E-state index in [-0.39, 0.29) is 23.6 Å². The van der Waals surface area contributed by atoms with Gasteiger partial charge in [0.25, 0.3) is 5.91 Å². The van der Waals surface area contributed by atoms with Gasteiger partial charge in [0.2, 0.25) is 0 Å². The number of esters is 1. The Hall–Kier alpha value is -4.08. The van der Waals surface area contributed by atoms with E-state index in [1.807, 2.05) is 0 Å². The number of anilines is 2. The largest absolute Gasteiger partial charge is 0.496 e. The topological polar surface area (TPSA) is 89.5 Å². The fourth-order valence-corrected chi connectivity index (χ4v) is 2.88. The molecule has 0 radical (unpaired) electrons. The first kappa shape index (κ1) is 23.6. The number of methoxy groups -OCH3 is 1. The first-order chi connectivity index (χ1) is 15.8. The zero-order chi connectivity index (χ0) is 23.8. The van der Waals surface area contributed by atoms with E-state index in [0.717, 1.165) is 17.7 Å². The number of nitrogens with zero attached hydrogens (tertiary/aromatic N) is 1. The molecule has 0 unspecified atom stereocenters. The molecule has 0 bridgehead atoms. The van der Waals surface area contributed by atoms with Crippen LogP contribution in [-0.4, -0.2) is 30.6 Å². The number of nitrogens with one attached hydrogen (secondary N) is 2. The Morgan fingerprint density at radius 3 is 2.58 bits per heavy atom. The van der Waals surface area contributed by atoms with Gasteiger partial charge in [-0.2, -0.15) is 13.2 Å². The van der Waals surface area contributed by atoms with Crippen LogP contribution in [0.5, 0.6) is 5.75 Å². The molecule has 0 saturated carbocycles. The number of carbonyl (C=O) groups is 2. The molecule has 0 aliphatic heterocycles. The number of rotatable bonds is 8. The lowest BCUT2D eigenvalue weighted by Crippen LogP contribution is -2.28. The van der Waals surface area contributed by atoms with Crippen LogP contribution in [0.25, 0.3) is 0 Å². The summed E-state index contributed by atoms with van der Waals surface area (Å²) in [6.45, 7) is -0.373. The van der Waals surface area contributed by atoms with Crippen molar-refractivity contribution in [3.8, 4) is 5.75 Å². The van der Waals surface area contributed by atoms with Crippen molar-refractivity contribution in [3.63, 3.8) is 0 Å². The number of hydrogen-bond donors (Lipinski definition) is 2. The number of amides is 1. The maximum atomic E-state index is 12.9. The van der Waals surface area contributed by atoms with Gasteiger partial charge in [-0.15, -0.1) is 0 Å². The number of ether oxygens (including phenoxy) is 2. The Bertz CT molecular complexity index is 1140. The molecule has 1 aromatic heterocycles. The van der Waals surface area contributed by atoms with Crippen molar-refractivity contribution in [2.45, 2.75) is 12.7 Å². The number of hydrogen-bond acceptors (Lipinski definition) is 6. The van der Waals surface area contributed by atoms with Crippen LogP contribution in [-0.2, 0) is 22.3 Å². The summed E-state index contributed by atoms with van der Waals surface area (Å²) in [7, 11) is 1.52. The number of pyridine rings is 1. The number of benzene rings is 2. The van der Waals surface area contributed by atoms with Crippen LogP contribution < -0.4 is 15.4 Å². The van der Waals surface area contributed by atoms with Gasteiger partial charge in [0.05, 0.1) is 12.7 Å². The summed E-state index contributed by atoms with van der Waals surface area (Å²) in [5.41, 5.74) is -0.0432. The van der Waals surface area contributed by atoms with E-state index in [2.05, 4.69) is 15.6 Å². The molecule has 2 N–H and O–H groups in total. The number of carbonyl (C=O) groups excluding carboxylic acids is 2. The fourth-order valence-electron chi connectivity index (χ4n) is 2.88. The van der Waals surface area contributed by atoms with Crippen LogP contribution in [0.2, 0.25) is 0 Å². The molecule has 3 rings (SSSR count). The van der Waals surface area contributed by atoms with E-state index in [4.69, 9.17) is 9.47 Å². The molecule has 3 aromatic rings. The van der Waals surface area contributed by atoms with E-state index in [0.29, 0.717) is 5.75 Å². The quantitative estimate of drug-likeness (QED) is 0.488. The van der Waals surface area contributed by atoms with Gasteiger partial charge in [0.1, 0.15) is 17.1 Å². The monoisotopic (exact) mass is 459 g/mol. The Morgan fingerprint density at radius 1 is 1.03 bits per heavy atom. The average molecular weight is 459 g/mol. The van der Waals surface area contributed by atoms with Crippen molar-refractivity contribution >= 4 is 23.4 Å². The second-order valence-electron chi connectivity index (χ2n) is 6.77. The highest BCUT2D eigenvalue weighted by Crippen LogP contribution is 2.31. The van der Waals surface area contributed by atoms with Crippen molar-refractivity contribution in [2.75, 3.05) is 19.0 Å². The van der Waals surface area contributed by atoms with Gasteiger partial charge in [0.15, 0.2) is 6.61 Å². The standard InChI is InChI=1S/C23H20F3N3O4/c1-32-19-10-3-2-6-15(19)13-28-20(30)14-33-22(31)18-9-5-11-27-21(18)29-17-8-4-7-16(12-17)23(24,25)26/h2-12H,13-14H2,1H3,(H,27,29)(H,28,30). The Labute approximate surface area is 187 Å². The third-order valence-electron chi connectivity index (χ3n) is 4.48. The van der Waals surface area contributed by atoms with Crippen molar-refractivity contribution in [2.24, 2.45) is 0 Å². The van der Waals surface area contributed by atoms with Crippen LogP contribution in [0, 0.1) is 0 Å². The molecule has 2 aromatic carbocycles. The average Bonchev–Trinajstić information content (AvgIpc) is 2.81. The normalized spacial score (nSPS) is 10.9. The zero-order valence-electron chi connectivity index (χ0n) is 17.5. The van der Waals surface area contributed by atoms with E-state index >= 15 is 0 Å². The van der Waals surface area contributed by atoms with Crippen LogP contribution in [0.15, 0.2) is 66.9 Å². The van der Waals surface area contributed by atoms with E-state index in [9.17, 15) is 22.8 Å². The summed E-state index contributed by atoms with van der Waals surface area (Å²) in [6.07, 6.45) is -3.15. The minimum atomic E-state index is -4.51. The number of aromatic nitrogens is 1.